The number of rotatable bonds is 5. The minimum Gasteiger partial charge on any atom is -0.475 e. The minimum absolute atomic E-state index is 0.0755. The Kier molecular flexibility index (Phi) is 10.4. The second-order valence-corrected chi connectivity index (χ2v) is 9.25. The van der Waals surface area contributed by atoms with Crippen molar-refractivity contribution < 1.29 is 60.0 Å². The van der Waals surface area contributed by atoms with E-state index in [0.717, 1.165) is 36.9 Å². The largest absolute Gasteiger partial charge is 0.490 e. The fourth-order valence-electron chi connectivity index (χ4n) is 3.62. The highest BCUT2D eigenvalue weighted by atomic mass is 32.1. The van der Waals surface area contributed by atoms with Crippen molar-refractivity contribution in [3.63, 3.8) is 0 Å². The Hall–Kier alpha value is -3.05. The van der Waals surface area contributed by atoms with E-state index < -0.39 is 30.1 Å². The quantitative estimate of drug-likeness (QED) is 0.512. The number of fused-ring (bicyclic) bond motifs is 1. The molecule has 2 aromatic rings. The number of hydrogen-bond donors (Lipinski definition) is 2. The Bertz CT molecular complexity index is 1070. The summed E-state index contributed by atoms with van der Waals surface area (Å²) in [4.78, 5) is 28.7. The number of hydrogen-bond acceptors (Lipinski definition) is 8. The molecule has 4 heterocycles. The molecule has 0 aromatic carbocycles. The lowest BCUT2D eigenvalue weighted by Gasteiger charge is -2.26. The van der Waals surface area contributed by atoms with Crippen LogP contribution in [0.2, 0.25) is 0 Å². The van der Waals surface area contributed by atoms with Crippen LogP contribution in [0.4, 0.5) is 30.7 Å². The van der Waals surface area contributed by atoms with Crippen molar-refractivity contribution in [2.24, 2.45) is 11.3 Å². The molecule has 2 aromatic heterocycles. The van der Waals surface area contributed by atoms with Gasteiger partial charge in [-0.05, 0) is 19.1 Å². The number of carbonyl (C=O) groups is 2. The molecule has 212 valence electrons. The lowest BCUT2D eigenvalue weighted by Crippen LogP contribution is -2.37. The summed E-state index contributed by atoms with van der Waals surface area (Å²) in [6.07, 6.45) is -8.62. The number of likely N-dealkylation sites (tertiary alicyclic amines) is 1. The van der Waals surface area contributed by atoms with Gasteiger partial charge in [0.2, 0.25) is 5.88 Å². The third-order valence-corrected chi connectivity index (χ3v) is 6.27. The van der Waals surface area contributed by atoms with Gasteiger partial charge < -0.3 is 19.7 Å². The number of aliphatic carboxylic acids is 2. The van der Waals surface area contributed by atoms with Gasteiger partial charge in [0.05, 0.1) is 26.4 Å². The van der Waals surface area contributed by atoms with Crippen LogP contribution >= 0.6 is 11.3 Å². The molecule has 0 unspecified atom stereocenters. The van der Waals surface area contributed by atoms with Gasteiger partial charge in [0, 0.05) is 41.7 Å². The predicted octanol–water partition coefficient (Wildman–Crippen LogP) is 3.78. The maximum atomic E-state index is 13.7. The summed E-state index contributed by atoms with van der Waals surface area (Å²) in [5, 5.41) is 17.5. The molecule has 0 spiro atoms. The highest BCUT2D eigenvalue weighted by Gasteiger charge is 2.51. The van der Waals surface area contributed by atoms with Crippen LogP contribution in [-0.2, 0) is 20.9 Å². The predicted molar refractivity (Wildman–Crippen MR) is 116 cm³/mol. The van der Waals surface area contributed by atoms with Crippen LogP contribution in [0.3, 0.4) is 0 Å². The first-order chi connectivity index (χ1) is 17.5. The molecule has 0 bridgehead atoms. The van der Waals surface area contributed by atoms with Crippen LogP contribution in [0.5, 0.6) is 5.88 Å². The average Bonchev–Trinajstić information content (AvgIpc) is 3.47. The molecule has 2 atom stereocenters. The molecule has 2 N–H and O–H groups in total. The lowest BCUT2D eigenvalue weighted by atomic mass is 9.82. The van der Waals surface area contributed by atoms with Crippen LogP contribution < -0.4 is 4.74 Å². The zero-order chi connectivity index (χ0) is 28.7. The standard InChI is InChI=1S/C17H20FN3O2S.2C2HF3O2/c1-12-8-24-15(20-12)6-21-5-13-7-22-10-17(13,9-21)11-23-16-14(18)3-2-4-19-16;2*3-2(4,5)1(6)7/h2-4,8,13H,5-7,9-11H2,1H3;2*(H,6,7)/t13-,17+;;/m1../s1. The molecule has 9 nitrogen and oxygen atoms in total. The fourth-order valence-corrected chi connectivity index (χ4v) is 4.44. The van der Waals surface area contributed by atoms with E-state index in [4.69, 9.17) is 29.3 Å². The molecule has 2 fully saturated rings. The number of aryl methyl sites for hydroxylation is 1. The number of ether oxygens (including phenoxy) is 2. The smallest absolute Gasteiger partial charge is 0.475 e. The maximum absolute atomic E-state index is 13.7. The summed E-state index contributed by atoms with van der Waals surface area (Å²) in [6.45, 7) is 6.54. The SMILES string of the molecule is Cc1csc(CN2C[C@@H]3COC[C@]3(COc3ncccc3F)C2)n1.O=C(O)C(F)(F)F.O=C(O)C(F)(F)F. The van der Waals surface area contributed by atoms with E-state index in [9.17, 15) is 30.7 Å². The van der Waals surface area contributed by atoms with Crippen LogP contribution in [-0.4, -0.2) is 82.3 Å². The molecule has 0 radical (unpaired) electrons. The topological polar surface area (TPSA) is 122 Å². The first-order valence-corrected chi connectivity index (χ1v) is 11.5. The van der Waals surface area contributed by atoms with E-state index in [1.165, 1.54) is 6.07 Å². The van der Waals surface area contributed by atoms with Gasteiger partial charge >= 0.3 is 24.3 Å². The zero-order valence-electron chi connectivity index (χ0n) is 19.6. The van der Waals surface area contributed by atoms with E-state index in [1.54, 1.807) is 23.6 Å². The van der Waals surface area contributed by atoms with E-state index in [2.05, 4.69) is 20.2 Å². The van der Waals surface area contributed by atoms with Crippen LogP contribution in [0.15, 0.2) is 23.7 Å². The molecular weight excluding hydrogens is 555 g/mol. The molecule has 0 aliphatic carbocycles. The van der Waals surface area contributed by atoms with Crippen LogP contribution in [0, 0.1) is 24.1 Å². The van der Waals surface area contributed by atoms with Gasteiger partial charge in [-0.15, -0.1) is 11.3 Å². The van der Waals surface area contributed by atoms with Crippen molar-refractivity contribution in [2.75, 3.05) is 32.9 Å². The summed E-state index contributed by atoms with van der Waals surface area (Å²) in [5.41, 5.74) is 0.984. The van der Waals surface area contributed by atoms with Gasteiger partial charge in [0.1, 0.15) is 5.01 Å². The minimum atomic E-state index is -5.08. The Morgan fingerprint density at radius 2 is 1.82 bits per heavy atom. The van der Waals surface area contributed by atoms with E-state index in [1.807, 2.05) is 6.92 Å². The second kappa shape index (κ2) is 12.7. The number of carboxylic acid groups (broad SMARTS) is 2. The molecular formula is C21H22F7N3O6S. The lowest BCUT2D eigenvalue weighted by molar-refractivity contribution is -0.193. The average molecular weight is 577 g/mol. The fraction of sp³-hybridized carbons (Fsp3) is 0.524. The first-order valence-electron chi connectivity index (χ1n) is 10.6. The van der Waals surface area contributed by atoms with Gasteiger partial charge in [-0.25, -0.2) is 23.9 Å². The molecule has 2 aliphatic heterocycles. The summed E-state index contributed by atoms with van der Waals surface area (Å²) >= 11 is 1.70. The van der Waals surface area contributed by atoms with Gasteiger partial charge in [-0.1, -0.05) is 0 Å². The van der Waals surface area contributed by atoms with Gasteiger partial charge in [0.25, 0.3) is 0 Å². The Balaban J connectivity index is 0.000000301. The molecule has 0 amide bonds. The zero-order valence-corrected chi connectivity index (χ0v) is 20.4. The number of thiazole rings is 1. The van der Waals surface area contributed by atoms with Crippen molar-refractivity contribution >= 4 is 23.3 Å². The third kappa shape index (κ3) is 9.05. The number of halogens is 7. The van der Waals surface area contributed by atoms with Crippen molar-refractivity contribution in [3.05, 3.63) is 40.2 Å². The number of pyridine rings is 1. The van der Waals surface area contributed by atoms with Crippen LogP contribution in [0.1, 0.15) is 10.7 Å². The maximum Gasteiger partial charge on any atom is 0.490 e. The van der Waals surface area contributed by atoms with E-state index >= 15 is 0 Å². The summed E-state index contributed by atoms with van der Waals surface area (Å²) in [5.74, 6) is -5.45. The second-order valence-electron chi connectivity index (χ2n) is 8.31. The normalized spacial score (nSPS) is 21.0. The Morgan fingerprint density at radius 1 is 1.21 bits per heavy atom. The third-order valence-electron chi connectivity index (χ3n) is 5.32. The molecule has 17 heteroatoms. The van der Waals surface area contributed by atoms with Gasteiger partial charge in [0.15, 0.2) is 5.82 Å². The highest BCUT2D eigenvalue weighted by Crippen LogP contribution is 2.42. The van der Waals surface area contributed by atoms with E-state index in [0.29, 0.717) is 19.1 Å². The number of nitrogens with zero attached hydrogens (tertiary/aromatic N) is 3. The number of alkyl halides is 6. The summed E-state index contributed by atoms with van der Waals surface area (Å²) in [6, 6.07) is 2.93. The van der Waals surface area contributed by atoms with Gasteiger partial charge in [-0.3, -0.25) is 4.90 Å². The number of aromatic nitrogens is 2. The van der Waals surface area contributed by atoms with Crippen molar-refractivity contribution in [3.8, 4) is 5.88 Å². The van der Waals surface area contributed by atoms with Crippen molar-refractivity contribution in [2.45, 2.75) is 25.8 Å². The first kappa shape index (κ1) is 31.2. The molecule has 2 aliphatic rings. The Morgan fingerprint density at radius 3 is 2.32 bits per heavy atom. The molecule has 4 rings (SSSR count). The molecule has 0 saturated carbocycles. The summed E-state index contributed by atoms with van der Waals surface area (Å²) < 4.78 is 88.6. The molecule has 38 heavy (non-hydrogen) atoms. The van der Waals surface area contributed by atoms with Crippen LogP contribution in [0.25, 0.3) is 0 Å². The number of carboxylic acids is 2. The summed E-state index contributed by atoms with van der Waals surface area (Å²) in [7, 11) is 0. The Labute approximate surface area is 214 Å². The molecule has 2 saturated heterocycles. The highest BCUT2D eigenvalue weighted by molar-refractivity contribution is 7.09. The monoisotopic (exact) mass is 577 g/mol. The van der Waals surface area contributed by atoms with E-state index in [-0.39, 0.29) is 11.3 Å². The van der Waals surface area contributed by atoms with Gasteiger partial charge in [-0.2, -0.15) is 26.3 Å². The van der Waals surface area contributed by atoms with Crippen molar-refractivity contribution in [1.82, 2.24) is 14.9 Å². The van der Waals surface area contributed by atoms with Crippen molar-refractivity contribution in [1.29, 1.82) is 0 Å².